The van der Waals surface area contributed by atoms with Crippen molar-refractivity contribution in [1.82, 2.24) is 4.90 Å². The van der Waals surface area contributed by atoms with E-state index in [9.17, 15) is 0 Å². The Kier molecular flexibility index (Phi) is 1.40. The predicted molar refractivity (Wildman–Crippen MR) is 47.5 cm³/mol. The Morgan fingerprint density at radius 2 is 1.64 bits per heavy atom. The molecule has 1 heteroatoms. The lowest BCUT2D eigenvalue weighted by Crippen LogP contribution is -2.43. The van der Waals surface area contributed by atoms with Crippen molar-refractivity contribution in [1.29, 1.82) is 0 Å². The standard InChI is InChI=1S/C10H17N/c1-10(2)6-8-4-5-9(7-10)11(8)3/h4-5,8-9H,6-7H2,1-3H3. The minimum absolute atomic E-state index is 0.561. The van der Waals surface area contributed by atoms with E-state index in [1.54, 1.807) is 0 Å². The zero-order chi connectivity index (χ0) is 8.06. The van der Waals surface area contributed by atoms with Crippen LogP contribution in [0.2, 0.25) is 0 Å². The van der Waals surface area contributed by atoms with E-state index >= 15 is 0 Å². The third kappa shape index (κ3) is 1.12. The van der Waals surface area contributed by atoms with Crippen LogP contribution in [0.1, 0.15) is 26.7 Å². The minimum Gasteiger partial charge on any atom is -0.294 e. The van der Waals surface area contributed by atoms with Crippen molar-refractivity contribution in [2.45, 2.75) is 38.8 Å². The van der Waals surface area contributed by atoms with Gasteiger partial charge in [0.25, 0.3) is 0 Å². The molecule has 0 saturated carbocycles. The molecule has 0 aromatic carbocycles. The van der Waals surface area contributed by atoms with E-state index < -0.39 is 0 Å². The van der Waals surface area contributed by atoms with Gasteiger partial charge >= 0.3 is 0 Å². The van der Waals surface area contributed by atoms with E-state index in [1.165, 1.54) is 12.8 Å². The van der Waals surface area contributed by atoms with E-state index in [4.69, 9.17) is 0 Å². The second-order valence-corrected chi connectivity index (χ2v) is 4.76. The largest absolute Gasteiger partial charge is 0.294 e. The SMILES string of the molecule is CN1C2C=CC1CC(C)(C)C2. The van der Waals surface area contributed by atoms with E-state index in [0.29, 0.717) is 5.41 Å². The van der Waals surface area contributed by atoms with E-state index in [2.05, 4.69) is 37.9 Å². The molecule has 2 heterocycles. The van der Waals surface area contributed by atoms with Crippen LogP contribution in [-0.2, 0) is 0 Å². The van der Waals surface area contributed by atoms with Crippen LogP contribution in [0.15, 0.2) is 12.2 Å². The van der Waals surface area contributed by atoms with E-state index in [0.717, 1.165) is 12.1 Å². The lowest BCUT2D eigenvalue weighted by Gasteiger charge is -2.41. The van der Waals surface area contributed by atoms with Gasteiger partial charge in [0.05, 0.1) is 0 Å². The fourth-order valence-electron chi connectivity index (χ4n) is 2.41. The highest BCUT2D eigenvalue weighted by Gasteiger charge is 2.38. The summed E-state index contributed by atoms with van der Waals surface area (Å²) in [7, 11) is 2.24. The molecule has 0 aliphatic carbocycles. The Morgan fingerprint density at radius 1 is 1.18 bits per heavy atom. The molecule has 11 heavy (non-hydrogen) atoms. The molecule has 2 aliphatic rings. The summed E-state index contributed by atoms with van der Waals surface area (Å²) < 4.78 is 0. The molecule has 1 saturated heterocycles. The Hall–Kier alpha value is -0.300. The summed E-state index contributed by atoms with van der Waals surface area (Å²) in [4.78, 5) is 2.49. The maximum Gasteiger partial charge on any atom is 0.0286 e. The number of hydrogen-bond donors (Lipinski definition) is 0. The van der Waals surface area contributed by atoms with Crippen molar-refractivity contribution in [3.8, 4) is 0 Å². The Balaban J connectivity index is 2.19. The van der Waals surface area contributed by atoms with Crippen molar-refractivity contribution in [2.75, 3.05) is 7.05 Å². The summed E-state index contributed by atoms with van der Waals surface area (Å²) in [5, 5.41) is 0. The Labute approximate surface area is 69.1 Å². The first-order valence-corrected chi connectivity index (χ1v) is 4.49. The lowest BCUT2D eigenvalue weighted by molar-refractivity contribution is 0.0980. The van der Waals surface area contributed by atoms with Crippen LogP contribution in [0.25, 0.3) is 0 Å². The average Bonchev–Trinajstić information content (AvgIpc) is 2.19. The van der Waals surface area contributed by atoms with Crippen LogP contribution < -0.4 is 0 Å². The summed E-state index contributed by atoms with van der Waals surface area (Å²) in [5.74, 6) is 0. The fourth-order valence-corrected chi connectivity index (χ4v) is 2.41. The molecule has 2 bridgehead atoms. The van der Waals surface area contributed by atoms with Crippen molar-refractivity contribution >= 4 is 0 Å². The topological polar surface area (TPSA) is 3.24 Å². The lowest BCUT2D eigenvalue weighted by atomic mass is 9.78. The monoisotopic (exact) mass is 151 g/mol. The van der Waals surface area contributed by atoms with Gasteiger partial charge in [0.1, 0.15) is 0 Å². The second kappa shape index (κ2) is 2.10. The maximum absolute atomic E-state index is 2.49. The molecule has 2 unspecified atom stereocenters. The number of fused-ring (bicyclic) bond motifs is 2. The van der Waals surface area contributed by atoms with Crippen LogP contribution in [0.3, 0.4) is 0 Å². The number of piperidine rings is 1. The van der Waals surface area contributed by atoms with E-state index in [1.807, 2.05) is 0 Å². The van der Waals surface area contributed by atoms with Gasteiger partial charge in [-0.3, -0.25) is 4.90 Å². The molecule has 1 nitrogen and oxygen atoms in total. The van der Waals surface area contributed by atoms with Gasteiger partial charge < -0.3 is 0 Å². The Bertz CT molecular complexity index is 175. The maximum atomic E-state index is 2.49. The molecule has 0 aromatic rings. The first kappa shape index (κ1) is 7.35. The third-order valence-electron chi connectivity index (χ3n) is 3.13. The van der Waals surface area contributed by atoms with Crippen LogP contribution in [-0.4, -0.2) is 24.0 Å². The average molecular weight is 151 g/mol. The van der Waals surface area contributed by atoms with Crippen molar-refractivity contribution in [3.63, 3.8) is 0 Å². The summed E-state index contributed by atoms with van der Waals surface area (Å²) in [6.07, 6.45) is 7.41. The molecule has 0 amide bonds. The highest BCUT2D eigenvalue weighted by atomic mass is 15.2. The number of nitrogens with zero attached hydrogens (tertiary/aromatic N) is 1. The zero-order valence-electron chi connectivity index (χ0n) is 7.67. The van der Waals surface area contributed by atoms with Gasteiger partial charge in [0, 0.05) is 12.1 Å². The Morgan fingerprint density at radius 3 is 2.09 bits per heavy atom. The van der Waals surface area contributed by atoms with Gasteiger partial charge in [-0.15, -0.1) is 0 Å². The molecule has 2 aliphatic heterocycles. The normalized spacial score (nSPS) is 41.4. The molecular formula is C10H17N. The molecule has 0 radical (unpaired) electrons. The number of rotatable bonds is 0. The molecule has 0 aromatic heterocycles. The van der Waals surface area contributed by atoms with Crippen LogP contribution in [0, 0.1) is 5.41 Å². The summed E-state index contributed by atoms with van der Waals surface area (Å²) in [5.41, 5.74) is 0.561. The second-order valence-electron chi connectivity index (χ2n) is 4.76. The summed E-state index contributed by atoms with van der Waals surface area (Å²) in [6.45, 7) is 4.76. The zero-order valence-corrected chi connectivity index (χ0v) is 7.67. The van der Waals surface area contributed by atoms with Gasteiger partial charge in [-0.25, -0.2) is 0 Å². The molecule has 62 valence electrons. The van der Waals surface area contributed by atoms with Crippen molar-refractivity contribution in [2.24, 2.45) is 5.41 Å². The fraction of sp³-hybridized carbons (Fsp3) is 0.800. The van der Waals surface area contributed by atoms with Crippen LogP contribution >= 0.6 is 0 Å². The van der Waals surface area contributed by atoms with Crippen molar-refractivity contribution in [3.05, 3.63) is 12.2 Å². The highest BCUT2D eigenvalue weighted by molar-refractivity contribution is 5.14. The first-order chi connectivity index (χ1) is 5.08. The van der Waals surface area contributed by atoms with Gasteiger partial charge in [-0.05, 0) is 25.3 Å². The molecule has 1 fully saturated rings. The smallest absolute Gasteiger partial charge is 0.0286 e. The number of hydrogen-bond acceptors (Lipinski definition) is 1. The van der Waals surface area contributed by atoms with Gasteiger partial charge in [-0.2, -0.15) is 0 Å². The molecule has 0 spiro atoms. The minimum atomic E-state index is 0.561. The molecular weight excluding hydrogens is 134 g/mol. The van der Waals surface area contributed by atoms with Gasteiger partial charge in [-0.1, -0.05) is 26.0 Å². The third-order valence-corrected chi connectivity index (χ3v) is 3.13. The first-order valence-electron chi connectivity index (χ1n) is 4.49. The predicted octanol–water partition coefficient (Wildman–Crippen LogP) is 2.05. The molecule has 2 rings (SSSR count). The summed E-state index contributed by atoms with van der Waals surface area (Å²) in [6, 6.07) is 1.45. The molecule has 2 atom stereocenters. The quantitative estimate of drug-likeness (QED) is 0.479. The van der Waals surface area contributed by atoms with Crippen molar-refractivity contribution < 1.29 is 0 Å². The number of likely N-dealkylation sites (N-methyl/N-ethyl adjacent to an activating group) is 1. The van der Waals surface area contributed by atoms with Crippen LogP contribution in [0.5, 0.6) is 0 Å². The van der Waals surface area contributed by atoms with Gasteiger partial charge in [0.2, 0.25) is 0 Å². The van der Waals surface area contributed by atoms with Crippen LogP contribution in [0.4, 0.5) is 0 Å². The highest BCUT2D eigenvalue weighted by Crippen LogP contribution is 2.40. The molecule has 0 N–H and O–H groups in total. The van der Waals surface area contributed by atoms with Gasteiger partial charge in [0.15, 0.2) is 0 Å². The summed E-state index contributed by atoms with van der Waals surface area (Å²) >= 11 is 0. The van der Waals surface area contributed by atoms with E-state index in [-0.39, 0.29) is 0 Å².